The van der Waals surface area contributed by atoms with Crippen LogP contribution in [0.5, 0.6) is 11.5 Å². The average molecular weight is 413 g/mol. The topological polar surface area (TPSA) is 80.7 Å². The first kappa shape index (κ1) is 19.4. The number of likely N-dealkylation sites (N-methyl/N-ethyl adjacent to an activating group) is 1. The van der Waals surface area contributed by atoms with Crippen LogP contribution in [0.4, 0.5) is 0 Å². The molecule has 0 N–H and O–H groups in total. The molecule has 0 spiro atoms. The van der Waals surface area contributed by atoms with E-state index in [-0.39, 0.29) is 47.5 Å². The minimum absolute atomic E-state index is 0.0113. The van der Waals surface area contributed by atoms with Crippen molar-refractivity contribution in [1.29, 1.82) is 0 Å². The fourth-order valence-electron chi connectivity index (χ4n) is 5.94. The van der Waals surface area contributed by atoms with Crippen molar-refractivity contribution in [2.24, 2.45) is 34.7 Å². The molecule has 2 bridgehead atoms. The van der Waals surface area contributed by atoms with E-state index in [1.807, 2.05) is 37.2 Å². The Morgan fingerprint density at radius 3 is 2.50 bits per heavy atom. The van der Waals surface area contributed by atoms with E-state index in [4.69, 9.17) is 14.3 Å². The second kappa shape index (κ2) is 6.97. The maximum absolute atomic E-state index is 13.2. The number of hydrogen-bond acceptors (Lipinski definition) is 7. The lowest BCUT2D eigenvalue weighted by atomic mass is 9.71. The molecule has 6 atom stereocenters. The molecular weight excluding hydrogens is 386 g/mol. The van der Waals surface area contributed by atoms with E-state index >= 15 is 0 Å². The maximum Gasteiger partial charge on any atom is 0.233 e. The second-order valence-corrected chi connectivity index (χ2v) is 8.88. The Balaban J connectivity index is 1.45. The minimum Gasteiger partial charge on any atom is -0.497 e. The Bertz CT molecular complexity index is 929. The number of fused-ring (bicyclic) bond motifs is 8. The number of methoxy groups -OCH3 is 2. The number of amides is 2. The average Bonchev–Trinajstić information content (AvgIpc) is 3.47. The molecule has 8 heteroatoms. The summed E-state index contributed by atoms with van der Waals surface area (Å²) < 4.78 is 10.9. The summed E-state index contributed by atoms with van der Waals surface area (Å²) in [7, 11) is 7.13. The largest absolute Gasteiger partial charge is 0.497 e. The van der Waals surface area contributed by atoms with Gasteiger partial charge in [0, 0.05) is 30.5 Å². The third-order valence-corrected chi connectivity index (χ3v) is 7.24. The molecule has 0 radical (unpaired) electrons. The van der Waals surface area contributed by atoms with Crippen molar-refractivity contribution < 1.29 is 23.9 Å². The molecular formula is C22H27N3O5. The Kier molecular flexibility index (Phi) is 4.50. The van der Waals surface area contributed by atoms with Crippen LogP contribution in [0, 0.1) is 29.6 Å². The zero-order valence-corrected chi connectivity index (χ0v) is 17.7. The molecule has 8 nitrogen and oxygen atoms in total. The molecule has 1 saturated heterocycles. The standard InChI is InChI=1S/C22H27N3O5/c1-24(2)7-8-25-21(26)16-13-10-14(17(16)22(25)27)20-18(13)19(23-30-20)12-9-11(28-3)5-6-15(12)29-4/h5-6,9,13-14,16-18,20H,7-8,10H2,1-4H3/t13-,14+,16-,17+,18-,20-/m1/s1. The van der Waals surface area contributed by atoms with Crippen molar-refractivity contribution in [3.63, 3.8) is 0 Å². The van der Waals surface area contributed by atoms with E-state index in [9.17, 15) is 9.59 Å². The zero-order valence-electron chi connectivity index (χ0n) is 17.7. The first-order valence-electron chi connectivity index (χ1n) is 10.4. The Morgan fingerprint density at radius 1 is 1.10 bits per heavy atom. The number of likely N-dealkylation sites (tertiary alicyclic amines) is 1. The summed E-state index contributed by atoms with van der Waals surface area (Å²) in [5, 5.41) is 4.41. The number of rotatable bonds is 6. The molecule has 3 fully saturated rings. The van der Waals surface area contributed by atoms with E-state index in [2.05, 4.69) is 5.16 Å². The lowest BCUT2D eigenvalue weighted by molar-refractivity contribution is -0.141. The summed E-state index contributed by atoms with van der Waals surface area (Å²) in [5.41, 5.74) is 1.63. The predicted octanol–water partition coefficient (Wildman–Crippen LogP) is 1.24. The van der Waals surface area contributed by atoms with Gasteiger partial charge in [-0.05, 0) is 44.6 Å². The van der Waals surface area contributed by atoms with E-state index in [0.29, 0.717) is 24.6 Å². The first-order chi connectivity index (χ1) is 14.5. The van der Waals surface area contributed by atoms with Gasteiger partial charge in [0.05, 0.1) is 31.8 Å². The number of ether oxygens (including phenoxy) is 2. The van der Waals surface area contributed by atoms with E-state index < -0.39 is 0 Å². The van der Waals surface area contributed by atoms with Gasteiger partial charge in [-0.1, -0.05) is 5.16 Å². The summed E-state index contributed by atoms with van der Waals surface area (Å²) in [6, 6.07) is 5.60. The maximum atomic E-state index is 13.2. The second-order valence-electron chi connectivity index (χ2n) is 8.88. The van der Waals surface area contributed by atoms with E-state index in [0.717, 1.165) is 17.7 Å². The molecule has 5 rings (SSSR count). The fraction of sp³-hybridized carbons (Fsp3) is 0.591. The molecule has 4 aliphatic rings. The number of carbonyl (C=O) groups excluding carboxylic acids is 2. The van der Waals surface area contributed by atoms with Crippen molar-refractivity contribution in [3.05, 3.63) is 23.8 Å². The van der Waals surface area contributed by atoms with Crippen LogP contribution in [-0.4, -0.2) is 74.8 Å². The third kappa shape index (κ3) is 2.59. The van der Waals surface area contributed by atoms with Crippen molar-refractivity contribution in [2.75, 3.05) is 41.4 Å². The van der Waals surface area contributed by atoms with Gasteiger partial charge in [-0.2, -0.15) is 0 Å². The summed E-state index contributed by atoms with van der Waals surface area (Å²) in [4.78, 5) is 35.6. The highest BCUT2D eigenvalue weighted by Crippen LogP contribution is 2.61. The highest BCUT2D eigenvalue weighted by atomic mass is 16.6. The van der Waals surface area contributed by atoms with Crippen LogP contribution in [-0.2, 0) is 14.4 Å². The molecule has 30 heavy (non-hydrogen) atoms. The van der Waals surface area contributed by atoms with Crippen molar-refractivity contribution in [3.8, 4) is 11.5 Å². The highest BCUT2D eigenvalue weighted by molar-refractivity contribution is 6.09. The molecule has 1 aromatic carbocycles. The van der Waals surface area contributed by atoms with Crippen LogP contribution < -0.4 is 9.47 Å². The number of nitrogens with zero attached hydrogens (tertiary/aromatic N) is 3. The molecule has 160 valence electrons. The smallest absolute Gasteiger partial charge is 0.233 e. The quantitative estimate of drug-likeness (QED) is 0.653. The molecule has 2 amide bonds. The monoisotopic (exact) mass is 413 g/mol. The highest BCUT2D eigenvalue weighted by Gasteiger charge is 2.70. The van der Waals surface area contributed by atoms with Crippen LogP contribution in [0.2, 0.25) is 0 Å². The number of hydrogen-bond donors (Lipinski definition) is 0. The fourth-order valence-corrected chi connectivity index (χ4v) is 5.94. The predicted molar refractivity (Wildman–Crippen MR) is 108 cm³/mol. The molecule has 2 heterocycles. The van der Waals surface area contributed by atoms with Gasteiger partial charge in [0.2, 0.25) is 11.8 Å². The molecule has 1 aromatic rings. The normalized spacial score (nSPS) is 33.6. The van der Waals surface area contributed by atoms with Gasteiger partial charge >= 0.3 is 0 Å². The number of imide groups is 1. The van der Waals surface area contributed by atoms with Crippen molar-refractivity contribution >= 4 is 17.5 Å². The van der Waals surface area contributed by atoms with Gasteiger partial charge in [0.15, 0.2) is 0 Å². The molecule has 2 saturated carbocycles. The zero-order chi connectivity index (χ0) is 21.2. The Morgan fingerprint density at radius 2 is 1.83 bits per heavy atom. The van der Waals surface area contributed by atoms with Gasteiger partial charge in [0.1, 0.15) is 17.6 Å². The summed E-state index contributed by atoms with van der Waals surface area (Å²) in [6.45, 7) is 1.11. The summed E-state index contributed by atoms with van der Waals surface area (Å²) in [6.07, 6.45) is 0.669. The Labute approximate surface area is 175 Å². The molecule has 2 aliphatic carbocycles. The van der Waals surface area contributed by atoms with Crippen LogP contribution in [0.1, 0.15) is 12.0 Å². The van der Waals surface area contributed by atoms with Gasteiger partial charge in [0.25, 0.3) is 0 Å². The summed E-state index contributed by atoms with van der Waals surface area (Å²) >= 11 is 0. The van der Waals surface area contributed by atoms with Gasteiger partial charge < -0.3 is 19.2 Å². The number of benzene rings is 1. The van der Waals surface area contributed by atoms with Gasteiger partial charge in [-0.25, -0.2) is 0 Å². The SMILES string of the molecule is COc1ccc(OC)c(C2=NO[C@@H]3[C@H]4C[C@H]([C@H]5C(=O)N(CCN(C)C)C(=O)[C@@H]45)[C@H]23)c1. The lowest BCUT2D eigenvalue weighted by Gasteiger charge is -2.30. The third-order valence-electron chi connectivity index (χ3n) is 7.24. The number of carbonyl (C=O) groups is 2. The minimum atomic E-state index is -0.271. The molecule has 2 aliphatic heterocycles. The van der Waals surface area contributed by atoms with Crippen molar-refractivity contribution in [1.82, 2.24) is 9.80 Å². The molecule has 0 unspecified atom stereocenters. The van der Waals surface area contributed by atoms with Crippen molar-refractivity contribution in [2.45, 2.75) is 12.5 Å². The van der Waals surface area contributed by atoms with E-state index in [1.165, 1.54) is 4.90 Å². The van der Waals surface area contributed by atoms with Gasteiger partial charge in [-0.3, -0.25) is 14.5 Å². The lowest BCUT2D eigenvalue weighted by Crippen LogP contribution is -2.41. The van der Waals surface area contributed by atoms with Gasteiger partial charge in [-0.15, -0.1) is 0 Å². The van der Waals surface area contributed by atoms with E-state index in [1.54, 1.807) is 14.2 Å². The van der Waals surface area contributed by atoms with Crippen LogP contribution in [0.15, 0.2) is 23.4 Å². The van der Waals surface area contributed by atoms with Crippen LogP contribution >= 0.6 is 0 Å². The molecule has 0 aromatic heterocycles. The Hall–Kier alpha value is -2.61. The van der Waals surface area contributed by atoms with Crippen LogP contribution in [0.3, 0.4) is 0 Å². The summed E-state index contributed by atoms with van der Waals surface area (Å²) in [5.74, 6) is 0.881. The first-order valence-corrected chi connectivity index (χ1v) is 10.4. The number of oxime groups is 1. The van der Waals surface area contributed by atoms with Crippen LogP contribution in [0.25, 0.3) is 0 Å².